The molecule has 0 radical (unpaired) electrons. The van der Waals surface area contributed by atoms with Crippen molar-refractivity contribution in [1.29, 1.82) is 0 Å². The summed E-state index contributed by atoms with van der Waals surface area (Å²) in [5.74, 6) is 0. The van der Waals surface area contributed by atoms with E-state index in [1.807, 2.05) is 0 Å². The fourth-order valence-electron chi connectivity index (χ4n) is 10.6. The van der Waals surface area contributed by atoms with Gasteiger partial charge in [0.15, 0.2) is 0 Å². The van der Waals surface area contributed by atoms with Crippen LogP contribution in [0.15, 0.2) is 158 Å². The van der Waals surface area contributed by atoms with Crippen LogP contribution in [0.4, 0.5) is 34.1 Å². The second-order valence-corrected chi connectivity index (χ2v) is 42.7. The van der Waals surface area contributed by atoms with Crippen LogP contribution in [0.25, 0.3) is 21.9 Å². The zero-order chi connectivity index (χ0) is 43.7. The van der Waals surface area contributed by atoms with E-state index in [1.165, 1.54) is 72.0 Å². The molecular weight excluding hydrogens is 801 g/mol. The summed E-state index contributed by atoms with van der Waals surface area (Å²) in [5.41, 5.74) is 13.8. The van der Waals surface area contributed by atoms with Gasteiger partial charge in [0.2, 0.25) is 0 Å². The summed E-state index contributed by atoms with van der Waals surface area (Å²) >= 11 is 0. The first kappa shape index (κ1) is 42.9. The Kier molecular flexibility index (Phi) is 11.0. The number of nitrogens with zero attached hydrogens (tertiary/aromatic N) is 2. The lowest BCUT2D eigenvalue weighted by molar-refractivity contribution is 0.869. The molecule has 2 nitrogen and oxygen atoms in total. The van der Waals surface area contributed by atoms with Gasteiger partial charge in [-0.25, -0.2) is 0 Å². The Bertz CT molecular complexity index is 2690. The highest BCUT2D eigenvalue weighted by Crippen LogP contribution is 2.63. The highest BCUT2D eigenvalue weighted by Gasteiger charge is 2.62. The number of fused-ring (bicyclic) bond motifs is 5. The van der Waals surface area contributed by atoms with E-state index in [1.54, 1.807) is 5.56 Å². The van der Waals surface area contributed by atoms with Crippen molar-refractivity contribution in [2.45, 2.75) is 96.1 Å². The van der Waals surface area contributed by atoms with E-state index < -0.39 is 32.3 Å². The molecular formula is C55H66N2Si4. The zero-order valence-corrected chi connectivity index (χ0v) is 43.0. The van der Waals surface area contributed by atoms with Gasteiger partial charge in [-0.15, -0.1) is 0 Å². The summed E-state index contributed by atoms with van der Waals surface area (Å²) in [6.45, 7) is 33.1. The minimum atomic E-state index is -2.18. The topological polar surface area (TPSA) is 6.48 Å². The van der Waals surface area contributed by atoms with Gasteiger partial charge in [-0.05, 0) is 94.4 Å². The Morgan fingerprint density at radius 2 is 0.836 bits per heavy atom. The van der Waals surface area contributed by atoms with E-state index in [9.17, 15) is 0 Å². The van der Waals surface area contributed by atoms with Crippen LogP contribution < -0.4 is 20.2 Å². The molecule has 0 heterocycles. The molecule has 1 aliphatic carbocycles. The number of anilines is 6. The molecule has 61 heavy (non-hydrogen) atoms. The van der Waals surface area contributed by atoms with Crippen molar-refractivity contribution in [1.82, 2.24) is 0 Å². The van der Waals surface area contributed by atoms with Crippen molar-refractivity contribution in [2.75, 3.05) is 9.80 Å². The monoisotopic (exact) mass is 866 g/mol. The minimum absolute atomic E-state index is 0.0955. The molecule has 1 unspecified atom stereocenters. The number of hydrogen-bond donors (Lipinski definition) is 0. The van der Waals surface area contributed by atoms with E-state index in [0.29, 0.717) is 5.54 Å². The van der Waals surface area contributed by atoms with Crippen LogP contribution in [0.3, 0.4) is 0 Å². The van der Waals surface area contributed by atoms with Crippen molar-refractivity contribution >= 4 is 87.6 Å². The summed E-state index contributed by atoms with van der Waals surface area (Å²) in [6, 6.07) is 60.6. The molecule has 0 spiro atoms. The van der Waals surface area contributed by atoms with Gasteiger partial charge < -0.3 is 9.80 Å². The normalized spacial score (nSPS) is 15.5. The quantitative estimate of drug-likeness (QED) is 0.120. The van der Waals surface area contributed by atoms with Crippen molar-refractivity contribution in [3.8, 4) is 11.1 Å². The molecule has 0 aromatic heterocycles. The van der Waals surface area contributed by atoms with Crippen LogP contribution >= 0.6 is 0 Å². The van der Waals surface area contributed by atoms with E-state index in [4.69, 9.17) is 0 Å². The molecule has 0 bridgehead atoms. The molecule has 0 amide bonds. The molecule has 0 saturated carbocycles. The van der Waals surface area contributed by atoms with E-state index in [0.717, 1.165) is 0 Å². The number of para-hydroxylation sites is 2. The van der Waals surface area contributed by atoms with Gasteiger partial charge in [0.25, 0.3) is 0 Å². The summed E-state index contributed by atoms with van der Waals surface area (Å²) in [6.07, 6.45) is 0. The van der Waals surface area contributed by atoms with Crippen molar-refractivity contribution in [3.05, 3.63) is 169 Å². The maximum Gasteiger partial charge on any atom is 0.0775 e. The Hall–Kier alpha value is -4.73. The van der Waals surface area contributed by atoms with Gasteiger partial charge in [0, 0.05) is 38.5 Å². The highest BCUT2D eigenvalue weighted by atomic mass is 28.4. The number of benzene rings is 7. The molecule has 0 N–H and O–H groups in total. The predicted molar refractivity (Wildman–Crippen MR) is 281 cm³/mol. The average Bonchev–Trinajstić information content (AvgIpc) is 3.53. The van der Waals surface area contributed by atoms with Gasteiger partial charge in [0.1, 0.15) is 0 Å². The lowest BCUT2D eigenvalue weighted by Gasteiger charge is -2.55. The molecule has 312 valence electrons. The summed E-state index contributed by atoms with van der Waals surface area (Å²) < 4.78 is -0.0955. The molecule has 8 rings (SSSR count). The third-order valence-electron chi connectivity index (χ3n) is 14.1. The van der Waals surface area contributed by atoms with Crippen LogP contribution in [-0.2, 0) is 4.66 Å². The van der Waals surface area contributed by atoms with E-state index in [-0.39, 0.29) is 4.66 Å². The SMILES string of the molecule is CC(C)[Si](C)(C)C1([Si](C)(C)C)c2cc(N(c3ccccc3)c3ccc([Si](C)(C)C)cc3)ccc2-c2c1cc(N(c1ccccc1)c1ccc([Si](C)(C)C)cc1)c1ccccc21. The lowest BCUT2D eigenvalue weighted by atomic mass is 9.95. The van der Waals surface area contributed by atoms with Gasteiger partial charge in [-0.1, -0.05) is 193 Å². The van der Waals surface area contributed by atoms with Gasteiger partial charge in [-0.3, -0.25) is 0 Å². The first-order chi connectivity index (χ1) is 28.8. The van der Waals surface area contributed by atoms with Crippen LogP contribution in [0.2, 0.25) is 77.6 Å². The molecule has 1 atom stereocenters. The molecule has 0 fully saturated rings. The number of hydrogen-bond acceptors (Lipinski definition) is 2. The molecule has 1 aliphatic rings. The van der Waals surface area contributed by atoms with E-state index in [2.05, 4.69) is 253 Å². The summed E-state index contributed by atoms with van der Waals surface area (Å²) in [5, 5.41) is 5.60. The van der Waals surface area contributed by atoms with Crippen LogP contribution in [0, 0.1) is 0 Å². The highest BCUT2D eigenvalue weighted by molar-refractivity contribution is 7.01. The van der Waals surface area contributed by atoms with Crippen LogP contribution in [-0.4, -0.2) is 32.3 Å². The van der Waals surface area contributed by atoms with Crippen molar-refractivity contribution in [2.24, 2.45) is 0 Å². The van der Waals surface area contributed by atoms with Crippen molar-refractivity contribution < 1.29 is 0 Å². The second kappa shape index (κ2) is 15.6. The van der Waals surface area contributed by atoms with Gasteiger partial charge >= 0.3 is 0 Å². The van der Waals surface area contributed by atoms with E-state index >= 15 is 0 Å². The predicted octanol–water partition coefficient (Wildman–Crippen LogP) is 15.7. The maximum atomic E-state index is 2.71. The number of rotatable bonds is 11. The lowest BCUT2D eigenvalue weighted by Crippen LogP contribution is -2.66. The first-order valence-corrected chi connectivity index (χ1v) is 36.0. The molecule has 0 saturated heterocycles. The Morgan fingerprint density at radius 3 is 1.31 bits per heavy atom. The van der Waals surface area contributed by atoms with Gasteiger partial charge in [-0.2, -0.15) is 0 Å². The average molecular weight is 867 g/mol. The Morgan fingerprint density at radius 1 is 0.410 bits per heavy atom. The maximum absolute atomic E-state index is 2.71. The largest absolute Gasteiger partial charge is 0.310 e. The summed E-state index contributed by atoms with van der Waals surface area (Å²) in [7, 11) is -7.26. The fourth-order valence-corrected chi connectivity index (χ4v) is 26.2. The molecule has 7 aromatic rings. The summed E-state index contributed by atoms with van der Waals surface area (Å²) in [4.78, 5) is 5.05. The molecule has 7 aromatic carbocycles. The Labute approximate surface area is 371 Å². The van der Waals surface area contributed by atoms with Gasteiger partial charge in [0.05, 0.1) is 38.0 Å². The minimum Gasteiger partial charge on any atom is -0.310 e. The third kappa shape index (κ3) is 7.23. The zero-order valence-electron chi connectivity index (χ0n) is 39.0. The third-order valence-corrected chi connectivity index (χ3v) is 30.6. The van der Waals surface area contributed by atoms with Crippen molar-refractivity contribution in [3.63, 3.8) is 0 Å². The molecule has 6 heteroatoms. The fraction of sp³-hybridized carbons (Fsp3) is 0.273. The smallest absolute Gasteiger partial charge is 0.0775 e. The second-order valence-electron chi connectivity index (χ2n) is 21.4. The first-order valence-electron chi connectivity index (χ1n) is 22.4. The van der Waals surface area contributed by atoms with Crippen LogP contribution in [0.1, 0.15) is 25.0 Å². The van der Waals surface area contributed by atoms with Crippen LogP contribution in [0.5, 0.6) is 0 Å². The molecule has 0 aliphatic heterocycles. The Balaban J connectivity index is 1.45. The standard InChI is InChI=1S/C55H66N2Si4/c1-40(2)61(12,13)55(60(9,10)11)51-38-45(56(41-22-16-14-17-23-41)43-28-33-46(34-29-43)58(3,4)5)32-37-50(51)54-49-27-21-20-26-48(49)53(39-52(54)55)57(42-24-18-15-19-25-42)44-30-35-47(36-31-44)59(6,7)8/h14-40H,1-13H3.